The lowest BCUT2D eigenvalue weighted by Gasteiger charge is -2.18. The van der Waals surface area contributed by atoms with Gasteiger partial charge in [-0.3, -0.25) is 14.4 Å². The van der Waals surface area contributed by atoms with E-state index in [1.807, 2.05) is 0 Å². The summed E-state index contributed by atoms with van der Waals surface area (Å²) in [6.07, 6.45) is 39.5. The van der Waals surface area contributed by atoms with Gasteiger partial charge in [0.1, 0.15) is 13.2 Å². The van der Waals surface area contributed by atoms with Crippen molar-refractivity contribution in [3.63, 3.8) is 0 Å². The fourth-order valence-corrected chi connectivity index (χ4v) is 7.38. The molecule has 0 amide bonds. The van der Waals surface area contributed by atoms with Crippen molar-refractivity contribution in [1.82, 2.24) is 0 Å². The van der Waals surface area contributed by atoms with E-state index in [-0.39, 0.29) is 31.1 Å². The minimum atomic E-state index is -0.762. The zero-order valence-electron chi connectivity index (χ0n) is 38.4. The summed E-state index contributed by atoms with van der Waals surface area (Å²) in [5.74, 6) is 1.60. The maximum absolute atomic E-state index is 12.7. The number of carbonyl (C=O) groups is 3. The molecule has 6 nitrogen and oxygen atoms in total. The maximum Gasteiger partial charge on any atom is 0.306 e. The number of ether oxygens (including phenoxy) is 3. The largest absolute Gasteiger partial charge is 0.462 e. The minimum Gasteiger partial charge on any atom is -0.462 e. The van der Waals surface area contributed by atoms with Crippen molar-refractivity contribution in [1.29, 1.82) is 0 Å². The molecule has 2 atom stereocenters. The van der Waals surface area contributed by atoms with Crippen LogP contribution in [0.2, 0.25) is 0 Å². The van der Waals surface area contributed by atoms with Crippen LogP contribution in [0, 0.1) is 17.8 Å². The fraction of sp³-hybridized carbons (Fsp3) is 0.940. The van der Waals surface area contributed by atoms with Crippen LogP contribution in [0.1, 0.15) is 266 Å². The van der Waals surface area contributed by atoms with Crippen molar-refractivity contribution in [2.45, 2.75) is 272 Å². The van der Waals surface area contributed by atoms with Gasteiger partial charge >= 0.3 is 17.9 Å². The smallest absolute Gasteiger partial charge is 0.306 e. The molecule has 0 aromatic rings. The summed E-state index contributed by atoms with van der Waals surface area (Å²) in [7, 11) is 0. The molecule has 0 radical (unpaired) electrons. The summed E-state index contributed by atoms with van der Waals surface area (Å²) >= 11 is 0. The molecule has 332 valence electrons. The SMILES string of the molecule is CCC(C)CCCCCCCCCCCCC(=O)O[C@H](COC(=O)CCCCCCCCCCCCCCC(C)C)COC(=O)CCCCCCCCC(C)C. The van der Waals surface area contributed by atoms with Crippen molar-refractivity contribution in [3.8, 4) is 0 Å². The summed E-state index contributed by atoms with van der Waals surface area (Å²) in [6, 6.07) is 0. The first-order valence-electron chi connectivity index (χ1n) is 24.6. The Balaban J connectivity index is 4.30. The van der Waals surface area contributed by atoms with Crippen LogP contribution < -0.4 is 0 Å². The highest BCUT2D eigenvalue weighted by Crippen LogP contribution is 2.18. The third-order valence-corrected chi connectivity index (χ3v) is 11.5. The van der Waals surface area contributed by atoms with Crippen LogP contribution in [0.4, 0.5) is 0 Å². The molecule has 0 saturated heterocycles. The van der Waals surface area contributed by atoms with E-state index in [9.17, 15) is 14.4 Å². The molecule has 0 aliphatic heterocycles. The normalized spacial score (nSPS) is 12.6. The summed E-state index contributed by atoms with van der Waals surface area (Å²) in [4.78, 5) is 37.8. The van der Waals surface area contributed by atoms with Crippen molar-refractivity contribution < 1.29 is 28.6 Å². The Labute approximate surface area is 348 Å². The lowest BCUT2D eigenvalue weighted by Crippen LogP contribution is -2.30. The molecule has 0 rings (SSSR count). The average molecular weight is 793 g/mol. The summed E-state index contributed by atoms with van der Waals surface area (Å²) in [5.41, 5.74) is 0. The molecule has 1 unspecified atom stereocenters. The van der Waals surface area contributed by atoms with E-state index in [4.69, 9.17) is 14.2 Å². The molecule has 0 fully saturated rings. The summed E-state index contributed by atoms with van der Waals surface area (Å²) in [5, 5.41) is 0. The molecule has 6 heteroatoms. The lowest BCUT2D eigenvalue weighted by atomic mass is 9.99. The molecule has 0 heterocycles. The zero-order valence-corrected chi connectivity index (χ0v) is 38.4. The van der Waals surface area contributed by atoms with Gasteiger partial charge in [0.2, 0.25) is 0 Å². The molecule has 0 N–H and O–H groups in total. The van der Waals surface area contributed by atoms with Gasteiger partial charge in [-0.05, 0) is 37.0 Å². The van der Waals surface area contributed by atoms with Gasteiger partial charge in [0.25, 0.3) is 0 Å². The Morgan fingerprint density at radius 3 is 0.929 bits per heavy atom. The monoisotopic (exact) mass is 793 g/mol. The minimum absolute atomic E-state index is 0.0659. The van der Waals surface area contributed by atoms with Gasteiger partial charge in [0.15, 0.2) is 6.10 Å². The molecule has 56 heavy (non-hydrogen) atoms. The van der Waals surface area contributed by atoms with Gasteiger partial charge in [0, 0.05) is 19.3 Å². The zero-order chi connectivity index (χ0) is 41.3. The summed E-state index contributed by atoms with van der Waals surface area (Å²) < 4.78 is 16.8. The van der Waals surface area contributed by atoms with Crippen LogP contribution in [-0.4, -0.2) is 37.2 Å². The Morgan fingerprint density at radius 2 is 0.625 bits per heavy atom. The van der Waals surface area contributed by atoms with Crippen molar-refractivity contribution in [3.05, 3.63) is 0 Å². The number of hydrogen-bond acceptors (Lipinski definition) is 6. The van der Waals surface area contributed by atoms with E-state index in [1.54, 1.807) is 0 Å². The van der Waals surface area contributed by atoms with Crippen LogP contribution in [0.25, 0.3) is 0 Å². The number of unbranched alkanes of at least 4 members (excludes halogenated alkanes) is 25. The highest BCUT2D eigenvalue weighted by Gasteiger charge is 2.19. The van der Waals surface area contributed by atoms with Gasteiger partial charge in [-0.1, -0.05) is 228 Å². The second-order valence-electron chi connectivity index (χ2n) is 18.3. The second-order valence-corrected chi connectivity index (χ2v) is 18.3. The Bertz CT molecular complexity index is 870. The molecule has 0 aromatic heterocycles. The maximum atomic E-state index is 12.7. The molecule has 0 aromatic carbocycles. The average Bonchev–Trinajstić information content (AvgIpc) is 3.16. The Morgan fingerprint density at radius 1 is 0.357 bits per heavy atom. The lowest BCUT2D eigenvalue weighted by molar-refractivity contribution is -0.167. The number of carbonyl (C=O) groups excluding carboxylic acids is 3. The van der Waals surface area contributed by atoms with Crippen molar-refractivity contribution >= 4 is 17.9 Å². The molecular formula is C50H96O6. The van der Waals surface area contributed by atoms with Gasteiger partial charge in [-0.15, -0.1) is 0 Å². The Kier molecular flexibility index (Phi) is 40.4. The van der Waals surface area contributed by atoms with Crippen LogP contribution >= 0.6 is 0 Å². The van der Waals surface area contributed by atoms with Crippen LogP contribution in [0.15, 0.2) is 0 Å². The number of hydrogen-bond donors (Lipinski definition) is 0. The van der Waals surface area contributed by atoms with Gasteiger partial charge < -0.3 is 14.2 Å². The molecule has 0 saturated carbocycles. The van der Waals surface area contributed by atoms with E-state index < -0.39 is 6.10 Å². The third-order valence-electron chi connectivity index (χ3n) is 11.5. The van der Waals surface area contributed by atoms with E-state index in [0.29, 0.717) is 19.3 Å². The highest BCUT2D eigenvalue weighted by atomic mass is 16.6. The van der Waals surface area contributed by atoms with Crippen LogP contribution in [0.3, 0.4) is 0 Å². The van der Waals surface area contributed by atoms with Gasteiger partial charge in [-0.25, -0.2) is 0 Å². The number of rotatable bonds is 43. The molecule has 0 aliphatic rings. The number of esters is 3. The molecular weight excluding hydrogens is 697 g/mol. The fourth-order valence-electron chi connectivity index (χ4n) is 7.38. The molecule has 0 bridgehead atoms. The van der Waals surface area contributed by atoms with E-state index in [1.165, 1.54) is 148 Å². The highest BCUT2D eigenvalue weighted by molar-refractivity contribution is 5.71. The van der Waals surface area contributed by atoms with Gasteiger partial charge in [-0.2, -0.15) is 0 Å². The quantitative estimate of drug-likeness (QED) is 0.0348. The van der Waals surface area contributed by atoms with E-state index >= 15 is 0 Å². The van der Waals surface area contributed by atoms with Crippen molar-refractivity contribution in [2.75, 3.05) is 13.2 Å². The predicted octanol–water partition coefficient (Wildman–Crippen LogP) is 15.6. The standard InChI is InChI=1S/C50H96O6/c1-7-46(6)38-32-26-19-15-12-13-17-21-29-35-41-50(53)56-47(43-55-49(52)40-34-28-23-22-25-31-37-45(4)5)42-54-48(51)39-33-27-20-16-11-9-8-10-14-18-24-30-36-44(2)3/h44-47H,7-43H2,1-6H3/t46?,47-/m1/s1. The van der Waals surface area contributed by atoms with Gasteiger partial charge in [0.05, 0.1) is 0 Å². The first-order valence-corrected chi connectivity index (χ1v) is 24.6. The van der Waals surface area contributed by atoms with Crippen LogP contribution in [0.5, 0.6) is 0 Å². The topological polar surface area (TPSA) is 78.9 Å². The van der Waals surface area contributed by atoms with Crippen LogP contribution in [-0.2, 0) is 28.6 Å². The summed E-state index contributed by atoms with van der Waals surface area (Å²) in [6.45, 7) is 13.7. The second kappa shape index (κ2) is 41.6. The predicted molar refractivity (Wildman–Crippen MR) is 238 cm³/mol. The van der Waals surface area contributed by atoms with E-state index in [2.05, 4.69) is 41.5 Å². The first-order chi connectivity index (χ1) is 27.1. The third kappa shape index (κ3) is 42.0. The molecule has 0 spiro atoms. The molecule has 0 aliphatic carbocycles. The van der Waals surface area contributed by atoms with Crippen molar-refractivity contribution in [2.24, 2.45) is 17.8 Å². The van der Waals surface area contributed by atoms with E-state index in [0.717, 1.165) is 75.5 Å². The first kappa shape index (κ1) is 54.4. The Hall–Kier alpha value is -1.59.